The Balaban J connectivity index is 1.62. The van der Waals surface area contributed by atoms with E-state index in [1.165, 1.54) is 6.07 Å². The van der Waals surface area contributed by atoms with Gasteiger partial charge in [0.25, 0.3) is 0 Å². The van der Waals surface area contributed by atoms with Gasteiger partial charge in [0, 0.05) is 36.6 Å². The molecule has 9 heteroatoms. The number of anilines is 1. The summed E-state index contributed by atoms with van der Waals surface area (Å²) in [5.41, 5.74) is 1.03. The van der Waals surface area contributed by atoms with Gasteiger partial charge >= 0.3 is 6.18 Å². The first-order valence-corrected chi connectivity index (χ1v) is 11.6. The summed E-state index contributed by atoms with van der Waals surface area (Å²) in [6, 6.07) is 10.7. The zero-order valence-electron chi connectivity index (χ0n) is 19.4. The van der Waals surface area contributed by atoms with Gasteiger partial charge in [0.2, 0.25) is 0 Å². The Hall–Kier alpha value is -3.36. The number of hydrogen-bond donors (Lipinski definition) is 0. The average molecular weight is 469 g/mol. The second kappa shape index (κ2) is 8.45. The van der Waals surface area contributed by atoms with Gasteiger partial charge in [-0.2, -0.15) is 18.3 Å². The number of halogens is 3. The minimum atomic E-state index is -4.50. The molecule has 0 unspecified atom stereocenters. The predicted molar refractivity (Wildman–Crippen MR) is 126 cm³/mol. The predicted octanol–water partition coefficient (Wildman–Crippen LogP) is 5.76. The van der Waals surface area contributed by atoms with E-state index in [1.807, 2.05) is 31.3 Å². The maximum absolute atomic E-state index is 13.8. The lowest BCUT2D eigenvalue weighted by atomic mass is 10.2. The van der Waals surface area contributed by atoms with Gasteiger partial charge in [-0.1, -0.05) is 6.07 Å². The number of hydrogen-bond acceptors (Lipinski definition) is 4. The summed E-state index contributed by atoms with van der Waals surface area (Å²) in [5.74, 6) is 1.32. The Labute approximate surface area is 196 Å². The third-order valence-corrected chi connectivity index (χ3v) is 6.65. The summed E-state index contributed by atoms with van der Waals surface area (Å²) < 4.78 is 44.9. The van der Waals surface area contributed by atoms with Crippen molar-refractivity contribution in [2.45, 2.75) is 65.0 Å². The molecule has 0 saturated carbocycles. The van der Waals surface area contributed by atoms with Crippen LogP contribution in [0.25, 0.3) is 22.4 Å². The van der Waals surface area contributed by atoms with Crippen LogP contribution in [0.15, 0.2) is 48.8 Å². The van der Waals surface area contributed by atoms with E-state index in [2.05, 4.69) is 33.8 Å². The molecule has 1 aliphatic rings. The molecule has 0 aliphatic carbocycles. The highest BCUT2D eigenvalue weighted by atomic mass is 19.4. The molecular weight excluding hydrogens is 441 g/mol. The summed E-state index contributed by atoms with van der Waals surface area (Å²) in [5, 5.41) is 4.52. The van der Waals surface area contributed by atoms with Gasteiger partial charge in [-0.25, -0.2) is 9.97 Å². The second-order valence-corrected chi connectivity index (χ2v) is 8.94. The number of rotatable bonds is 5. The lowest BCUT2D eigenvalue weighted by Gasteiger charge is -2.27. The quantitative estimate of drug-likeness (QED) is 0.374. The Bertz CT molecular complexity index is 1290. The summed E-state index contributed by atoms with van der Waals surface area (Å²) in [6.07, 6.45) is 1.31. The molecule has 1 aromatic carbocycles. The van der Waals surface area contributed by atoms with Crippen LogP contribution in [-0.4, -0.2) is 36.4 Å². The minimum absolute atomic E-state index is 0.0641. The fraction of sp³-hybridized carbons (Fsp3) is 0.400. The molecule has 2 atom stereocenters. The zero-order chi connectivity index (χ0) is 24.0. The van der Waals surface area contributed by atoms with Crippen LogP contribution in [0.3, 0.4) is 0 Å². The normalized spacial score (nSPS) is 18.8. The number of nitrogens with zero attached hydrogens (tertiary/aromatic N) is 6. The minimum Gasteiger partial charge on any atom is -0.351 e. The number of alkyl halides is 3. The van der Waals surface area contributed by atoms with E-state index in [0.717, 1.165) is 30.4 Å². The molecule has 0 N–H and O–H groups in total. The van der Waals surface area contributed by atoms with Crippen molar-refractivity contribution in [3.63, 3.8) is 0 Å². The largest absolute Gasteiger partial charge is 0.418 e. The SMILES string of the molecule is CCn1ccc(Cn2c(-c3ccc(N4[C@@H](C)CC[C@@H]4C)nc3)nc3c(C(F)(F)F)cccc32)n1. The average Bonchev–Trinajstić information content (AvgIpc) is 3.51. The molecular formula is C25H27F3N6. The number of fused-ring (bicyclic) bond motifs is 1. The molecule has 1 saturated heterocycles. The van der Waals surface area contributed by atoms with Crippen molar-refractivity contribution in [1.29, 1.82) is 0 Å². The number of benzene rings is 1. The molecule has 0 spiro atoms. The van der Waals surface area contributed by atoms with Crippen LogP contribution in [0, 0.1) is 0 Å². The topological polar surface area (TPSA) is 51.8 Å². The molecule has 34 heavy (non-hydrogen) atoms. The second-order valence-electron chi connectivity index (χ2n) is 8.94. The fourth-order valence-electron chi connectivity index (χ4n) is 4.90. The smallest absolute Gasteiger partial charge is 0.351 e. The molecule has 6 nitrogen and oxygen atoms in total. The van der Waals surface area contributed by atoms with E-state index in [4.69, 9.17) is 0 Å². The van der Waals surface area contributed by atoms with Crippen LogP contribution in [0.4, 0.5) is 19.0 Å². The van der Waals surface area contributed by atoms with Crippen molar-refractivity contribution in [3.05, 3.63) is 60.0 Å². The molecule has 3 aromatic heterocycles. The summed E-state index contributed by atoms with van der Waals surface area (Å²) in [6.45, 7) is 7.38. The highest BCUT2D eigenvalue weighted by molar-refractivity contribution is 5.84. The van der Waals surface area contributed by atoms with Crippen LogP contribution < -0.4 is 4.90 Å². The van der Waals surface area contributed by atoms with Crippen LogP contribution in [0.1, 0.15) is 44.9 Å². The van der Waals surface area contributed by atoms with E-state index < -0.39 is 11.7 Å². The van der Waals surface area contributed by atoms with Crippen LogP contribution in [-0.2, 0) is 19.3 Å². The Morgan fingerprint density at radius 2 is 1.79 bits per heavy atom. The third kappa shape index (κ3) is 3.93. The molecule has 178 valence electrons. The fourth-order valence-corrected chi connectivity index (χ4v) is 4.90. The first-order chi connectivity index (χ1) is 16.3. The van der Waals surface area contributed by atoms with E-state index in [1.54, 1.807) is 21.5 Å². The molecule has 1 aliphatic heterocycles. The van der Waals surface area contributed by atoms with Crippen LogP contribution in [0.5, 0.6) is 0 Å². The van der Waals surface area contributed by atoms with Gasteiger partial charge in [-0.05, 0) is 63.9 Å². The van der Waals surface area contributed by atoms with E-state index >= 15 is 0 Å². The molecule has 0 radical (unpaired) electrons. The number of imidazole rings is 1. The van der Waals surface area contributed by atoms with Crippen molar-refractivity contribution < 1.29 is 13.2 Å². The van der Waals surface area contributed by atoms with Crippen LogP contribution in [0.2, 0.25) is 0 Å². The van der Waals surface area contributed by atoms with Crippen molar-refractivity contribution in [3.8, 4) is 11.4 Å². The van der Waals surface area contributed by atoms with E-state index in [0.29, 0.717) is 42.1 Å². The van der Waals surface area contributed by atoms with E-state index in [-0.39, 0.29) is 5.52 Å². The molecule has 0 amide bonds. The summed E-state index contributed by atoms with van der Waals surface area (Å²) >= 11 is 0. The van der Waals surface area contributed by atoms with Gasteiger partial charge in [0.15, 0.2) is 0 Å². The van der Waals surface area contributed by atoms with Crippen molar-refractivity contribution >= 4 is 16.9 Å². The first kappa shape index (κ1) is 22.4. The van der Waals surface area contributed by atoms with E-state index in [9.17, 15) is 13.2 Å². The molecule has 1 fully saturated rings. The number of para-hydroxylation sites is 1. The van der Waals surface area contributed by atoms with Gasteiger partial charge in [-0.3, -0.25) is 4.68 Å². The third-order valence-electron chi connectivity index (χ3n) is 6.65. The number of pyridine rings is 1. The highest BCUT2D eigenvalue weighted by Crippen LogP contribution is 2.37. The first-order valence-electron chi connectivity index (χ1n) is 11.6. The van der Waals surface area contributed by atoms with Crippen molar-refractivity contribution in [2.24, 2.45) is 0 Å². The molecule has 5 rings (SSSR count). The maximum Gasteiger partial charge on any atom is 0.418 e. The van der Waals surface area contributed by atoms with Crippen molar-refractivity contribution in [1.82, 2.24) is 24.3 Å². The maximum atomic E-state index is 13.8. The van der Waals surface area contributed by atoms with Gasteiger partial charge in [0.1, 0.15) is 17.2 Å². The molecule has 4 aromatic rings. The van der Waals surface area contributed by atoms with Gasteiger partial charge in [-0.15, -0.1) is 0 Å². The standard InChI is InChI=1S/C25H27F3N6/c1-4-32-13-12-19(31-32)15-33-21-7-5-6-20(25(26,27)28)23(21)30-24(33)18-10-11-22(29-14-18)34-16(2)8-9-17(34)3/h5-7,10-14,16-17H,4,8-9,15H2,1-3H3/t16-,17-/m0/s1. The lowest BCUT2D eigenvalue weighted by molar-refractivity contribution is -0.136. The monoisotopic (exact) mass is 468 g/mol. The summed E-state index contributed by atoms with van der Waals surface area (Å²) in [4.78, 5) is 11.5. The lowest BCUT2D eigenvalue weighted by Crippen LogP contribution is -2.33. The number of aryl methyl sites for hydroxylation is 1. The highest BCUT2D eigenvalue weighted by Gasteiger charge is 2.34. The van der Waals surface area contributed by atoms with Crippen molar-refractivity contribution in [2.75, 3.05) is 4.90 Å². The summed E-state index contributed by atoms with van der Waals surface area (Å²) in [7, 11) is 0. The van der Waals surface area contributed by atoms with Crippen LogP contribution >= 0.6 is 0 Å². The Morgan fingerprint density at radius 1 is 1.03 bits per heavy atom. The Morgan fingerprint density at radius 3 is 2.41 bits per heavy atom. The Kier molecular flexibility index (Phi) is 5.58. The molecule has 4 heterocycles. The molecule has 0 bridgehead atoms. The zero-order valence-corrected chi connectivity index (χ0v) is 19.4. The number of aromatic nitrogens is 5. The van der Waals surface area contributed by atoms with Gasteiger partial charge < -0.3 is 9.47 Å². The van der Waals surface area contributed by atoms with Gasteiger partial charge in [0.05, 0.1) is 23.3 Å².